The van der Waals surface area contributed by atoms with Crippen LogP contribution in [0.15, 0.2) is 22.6 Å². The number of nitrogens with two attached hydrogens (primary N) is 1. The number of nitrogens with one attached hydrogen (secondary N) is 1. The van der Waals surface area contributed by atoms with E-state index in [0.29, 0.717) is 30.3 Å². The summed E-state index contributed by atoms with van der Waals surface area (Å²) in [6, 6.07) is 6.02. The van der Waals surface area contributed by atoms with Crippen molar-refractivity contribution in [3.63, 3.8) is 0 Å². The van der Waals surface area contributed by atoms with Crippen LogP contribution in [0.25, 0.3) is 11.1 Å². The van der Waals surface area contributed by atoms with Gasteiger partial charge in [0.25, 0.3) is 6.01 Å². The minimum absolute atomic E-state index is 0.174. The fourth-order valence-corrected chi connectivity index (χ4v) is 2.31. The highest BCUT2D eigenvalue weighted by atomic mass is 16.4. The van der Waals surface area contributed by atoms with Crippen LogP contribution in [0.2, 0.25) is 0 Å². The van der Waals surface area contributed by atoms with Gasteiger partial charge in [-0.15, -0.1) is 0 Å². The fraction of sp³-hybridized carbons (Fsp3) is 0.385. The third-order valence-corrected chi connectivity index (χ3v) is 3.37. The first-order chi connectivity index (χ1) is 9.11. The van der Waals surface area contributed by atoms with Gasteiger partial charge in [0, 0.05) is 31.7 Å². The lowest BCUT2D eigenvalue weighted by molar-refractivity contribution is -0.132. The van der Waals surface area contributed by atoms with Crippen molar-refractivity contribution in [1.82, 2.24) is 9.88 Å². The van der Waals surface area contributed by atoms with Crippen molar-refractivity contribution in [2.24, 2.45) is 0 Å². The van der Waals surface area contributed by atoms with Crippen LogP contribution in [-0.2, 0) is 4.79 Å². The second-order valence-corrected chi connectivity index (χ2v) is 4.90. The van der Waals surface area contributed by atoms with Crippen LogP contribution in [0.5, 0.6) is 0 Å². The molecule has 0 spiro atoms. The van der Waals surface area contributed by atoms with Crippen molar-refractivity contribution >= 4 is 28.7 Å². The third kappa shape index (κ3) is 2.33. The zero-order chi connectivity index (χ0) is 13.4. The molecule has 6 heteroatoms. The molecule has 1 unspecified atom stereocenters. The number of nitrogens with zero attached hydrogens (tertiary/aromatic N) is 2. The molecule has 100 valence electrons. The Labute approximate surface area is 110 Å². The van der Waals surface area contributed by atoms with Crippen LogP contribution in [0, 0.1) is 0 Å². The van der Waals surface area contributed by atoms with Crippen LogP contribution < -0.4 is 11.1 Å². The van der Waals surface area contributed by atoms with Crippen molar-refractivity contribution in [3.05, 3.63) is 18.2 Å². The molecule has 1 atom stereocenters. The molecule has 3 rings (SSSR count). The molecule has 19 heavy (non-hydrogen) atoms. The van der Waals surface area contributed by atoms with Crippen molar-refractivity contribution < 1.29 is 9.21 Å². The molecule has 1 fully saturated rings. The number of aromatic nitrogens is 1. The Morgan fingerprint density at radius 2 is 2.37 bits per heavy atom. The van der Waals surface area contributed by atoms with Gasteiger partial charge in [-0.1, -0.05) is 0 Å². The number of piperidine rings is 1. The number of likely N-dealkylation sites (N-methyl/N-ethyl adjacent to an activating group) is 1. The van der Waals surface area contributed by atoms with Crippen molar-refractivity contribution in [3.8, 4) is 0 Å². The topological polar surface area (TPSA) is 84.4 Å². The summed E-state index contributed by atoms with van der Waals surface area (Å²) in [5.41, 5.74) is 7.81. The highest BCUT2D eigenvalue weighted by molar-refractivity contribution is 5.78. The summed E-state index contributed by atoms with van der Waals surface area (Å²) < 4.78 is 5.61. The van der Waals surface area contributed by atoms with E-state index in [9.17, 15) is 4.79 Å². The average Bonchev–Trinajstić information content (AvgIpc) is 2.75. The van der Waals surface area contributed by atoms with Gasteiger partial charge >= 0.3 is 0 Å². The van der Waals surface area contributed by atoms with E-state index in [1.807, 2.05) is 7.05 Å². The van der Waals surface area contributed by atoms with E-state index in [1.54, 1.807) is 23.1 Å². The number of oxazole rings is 1. The lowest BCUT2D eigenvalue weighted by atomic mass is 10.1. The van der Waals surface area contributed by atoms with Gasteiger partial charge in [-0.2, -0.15) is 4.98 Å². The molecule has 0 bridgehead atoms. The monoisotopic (exact) mass is 260 g/mol. The number of fused-ring (bicyclic) bond motifs is 1. The Balaban J connectivity index is 1.76. The minimum atomic E-state index is 0.174. The summed E-state index contributed by atoms with van der Waals surface area (Å²) in [5, 5.41) is 3.23. The van der Waals surface area contributed by atoms with Gasteiger partial charge in [0.2, 0.25) is 5.91 Å². The maximum atomic E-state index is 11.4. The zero-order valence-corrected chi connectivity index (χ0v) is 10.7. The molecule has 1 aromatic carbocycles. The molecule has 2 heterocycles. The maximum absolute atomic E-state index is 11.4. The highest BCUT2D eigenvalue weighted by Gasteiger charge is 2.23. The molecule has 3 N–H and O–H groups in total. The van der Waals surface area contributed by atoms with Gasteiger partial charge in [-0.25, -0.2) is 0 Å². The number of anilines is 2. The third-order valence-electron chi connectivity index (χ3n) is 3.37. The van der Waals surface area contributed by atoms with Crippen molar-refractivity contribution in [1.29, 1.82) is 0 Å². The van der Waals surface area contributed by atoms with E-state index in [-0.39, 0.29) is 11.9 Å². The molecule has 1 saturated heterocycles. The number of carbonyl (C=O) groups is 1. The maximum Gasteiger partial charge on any atom is 0.295 e. The summed E-state index contributed by atoms with van der Waals surface area (Å²) in [4.78, 5) is 17.5. The van der Waals surface area contributed by atoms with E-state index < -0.39 is 0 Å². The van der Waals surface area contributed by atoms with E-state index in [0.717, 1.165) is 11.9 Å². The number of rotatable bonds is 2. The number of hydrogen-bond donors (Lipinski definition) is 2. The minimum Gasteiger partial charge on any atom is -0.424 e. The first-order valence-electron chi connectivity index (χ1n) is 6.28. The molecule has 0 saturated carbocycles. The number of amides is 1. The van der Waals surface area contributed by atoms with Crippen molar-refractivity contribution in [2.45, 2.75) is 18.9 Å². The van der Waals surface area contributed by atoms with Crippen LogP contribution in [-0.4, -0.2) is 35.4 Å². The number of carbonyl (C=O) groups excluding carboxylic acids is 1. The number of benzene rings is 1. The van der Waals surface area contributed by atoms with Crippen molar-refractivity contribution in [2.75, 3.05) is 24.6 Å². The van der Waals surface area contributed by atoms with Crippen LogP contribution in [0.3, 0.4) is 0 Å². The molecule has 1 aliphatic heterocycles. The zero-order valence-electron chi connectivity index (χ0n) is 10.7. The van der Waals surface area contributed by atoms with Gasteiger partial charge in [0.1, 0.15) is 5.52 Å². The molecule has 1 aliphatic rings. The Kier molecular flexibility index (Phi) is 2.77. The second kappa shape index (κ2) is 4.46. The molecular weight excluding hydrogens is 244 g/mol. The van der Waals surface area contributed by atoms with Gasteiger partial charge in [-0.05, 0) is 24.6 Å². The molecule has 0 aliphatic carbocycles. The summed E-state index contributed by atoms with van der Waals surface area (Å²) in [5.74, 6) is 0.184. The first-order valence-corrected chi connectivity index (χ1v) is 6.28. The molecule has 0 radical (unpaired) electrons. The normalized spacial score (nSPS) is 19.9. The van der Waals surface area contributed by atoms with Crippen LogP contribution in [0.1, 0.15) is 12.8 Å². The van der Waals surface area contributed by atoms with Crippen LogP contribution in [0.4, 0.5) is 11.7 Å². The Morgan fingerprint density at radius 3 is 3.16 bits per heavy atom. The first kappa shape index (κ1) is 11.8. The van der Waals surface area contributed by atoms with Gasteiger partial charge < -0.3 is 20.4 Å². The summed E-state index contributed by atoms with van der Waals surface area (Å²) in [6.45, 7) is 0.666. The highest BCUT2D eigenvalue weighted by Crippen LogP contribution is 2.22. The number of hydrogen-bond acceptors (Lipinski definition) is 5. The lowest BCUT2D eigenvalue weighted by Crippen LogP contribution is -2.43. The number of nitrogen functional groups attached to an aromatic ring is 1. The van der Waals surface area contributed by atoms with E-state index >= 15 is 0 Å². The summed E-state index contributed by atoms with van der Waals surface area (Å²) in [6.07, 6.45) is 1.35. The fourth-order valence-electron chi connectivity index (χ4n) is 2.31. The van der Waals surface area contributed by atoms with Gasteiger partial charge in [0.05, 0.1) is 0 Å². The van der Waals surface area contributed by atoms with E-state index in [2.05, 4.69) is 10.3 Å². The van der Waals surface area contributed by atoms with Gasteiger partial charge in [-0.3, -0.25) is 4.79 Å². The summed E-state index contributed by atoms with van der Waals surface area (Å²) in [7, 11) is 1.81. The van der Waals surface area contributed by atoms with E-state index in [1.165, 1.54) is 0 Å². The molecule has 2 aromatic rings. The van der Waals surface area contributed by atoms with Gasteiger partial charge in [0.15, 0.2) is 5.58 Å². The molecule has 1 amide bonds. The number of likely N-dealkylation sites (tertiary alicyclic amines) is 1. The Bertz CT molecular complexity index is 622. The Morgan fingerprint density at radius 1 is 1.53 bits per heavy atom. The predicted octanol–water partition coefficient (Wildman–Crippen LogP) is 1.44. The second-order valence-electron chi connectivity index (χ2n) is 4.90. The standard InChI is InChI=1S/C13H16N4O2/c1-17-7-9(3-5-12(17)18)15-13-16-10-6-8(14)2-4-11(10)19-13/h2,4,6,9H,3,5,7,14H2,1H3,(H,15,16). The lowest BCUT2D eigenvalue weighted by Gasteiger charge is -2.29. The molecule has 6 nitrogen and oxygen atoms in total. The summed E-state index contributed by atoms with van der Waals surface area (Å²) >= 11 is 0. The molecular formula is C13H16N4O2. The van der Waals surface area contributed by atoms with Crippen LogP contribution >= 0.6 is 0 Å². The SMILES string of the molecule is CN1CC(Nc2nc3cc(N)ccc3o2)CCC1=O. The predicted molar refractivity (Wildman–Crippen MR) is 72.7 cm³/mol. The Hall–Kier alpha value is -2.24. The molecule has 1 aromatic heterocycles. The quantitative estimate of drug-likeness (QED) is 0.798. The van der Waals surface area contributed by atoms with E-state index in [4.69, 9.17) is 10.2 Å². The smallest absolute Gasteiger partial charge is 0.295 e. The largest absolute Gasteiger partial charge is 0.424 e. The average molecular weight is 260 g/mol.